The molecule has 0 rings (SSSR count). The number of carboxylic acids is 1. The summed E-state index contributed by atoms with van der Waals surface area (Å²) >= 11 is 0. The van der Waals surface area contributed by atoms with E-state index in [2.05, 4.69) is 0 Å². The van der Waals surface area contributed by atoms with Crippen molar-refractivity contribution in [1.82, 2.24) is 0 Å². The fraction of sp³-hybridized carbons (Fsp3) is 0.700. The number of hydrogen-bond acceptors (Lipinski definition) is 2. The lowest BCUT2D eigenvalue weighted by atomic mass is 9.98. The molecule has 0 aromatic heterocycles. The van der Waals surface area contributed by atoms with E-state index in [9.17, 15) is 9.90 Å². The Balaban J connectivity index is 3.89. The molecule has 2 N–H and O–H groups in total. The smallest absolute Gasteiger partial charge is 0.303 e. The van der Waals surface area contributed by atoms with Crippen molar-refractivity contribution in [3.63, 3.8) is 0 Å². The number of aliphatic carboxylic acids is 1. The number of carbonyl (C=O) groups is 1. The highest BCUT2D eigenvalue weighted by atomic mass is 16.4. The molecule has 0 saturated heterocycles. The van der Waals surface area contributed by atoms with Crippen LogP contribution in [0, 0.1) is 5.92 Å². The van der Waals surface area contributed by atoms with Gasteiger partial charge in [-0.25, -0.2) is 0 Å². The van der Waals surface area contributed by atoms with E-state index in [1.54, 1.807) is 6.92 Å². The van der Waals surface area contributed by atoms with Crippen molar-refractivity contribution >= 4 is 5.97 Å². The SMILES string of the molecule is CC(C)=CC[C@H](O)[C@@H](C)CC(=O)O. The summed E-state index contributed by atoms with van der Waals surface area (Å²) in [4.78, 5) is 10.3. The third-order valence-corrected chi connectivity index (χ3v) is 1.92. The number of aliphatic hydroxyl groups excluding tert-OH is 1. The number of rotatable bonds is 5. The number of allylic oxidation sites excluding steroid dienone is 1. The minimum Gasteiger partial charge on any atom is -0.481 e. The molecule has 3 nitrogen and oxygen atoms in total. The van der Waals surface area contributed by atoms with Crippen molar-refractivity contribution in [3.05, 3.63) is 11.6 Å². The van der Waals surface area contributed by atoms with Crippen LogP contribution in [-0.2, 0) is 4.79 Å². The Labute approximate surface area is 79.1 Å². The fourth-order valence-corrected chi connectivity index (χ4v) is 1.00. The van der Waals surface area contributed by atoms with Crippen LogP contribution in [0.15, 0.2) is 11.6 Å². The monoisotopic (exact) mass is 186 g/mol. The molecule has 13 heavy (non-hydrogen) atoms. The van der Waals surface area contributed by atoms with Crippen molar-refractivity contribution in [2.45, 2.75) is 39.7 Å². The summed E-state index contributed by atoms with van der Waals surface area (Å²) < 4.78 is 0. The number of aliphatic hydroxyl groups is 1. The van der Waals surface area contributed by atoms with Gasteiger partial charge in [0, 0.05) is 0 Å². The van der Waals surface area contributed by atoms with Crippen LogP contribution >= 0.6 is 0 Å². The molecule has 2 atom stereocenters. The van der Waals surface area contributed by atoms with Crippen LogP contribution in [0.2, 0.25) is 0 Å². The topological polar surface area (TPSA) is 57.5 Å². The zero-order valence-corrected chi connectivity index (χ0v) is 8.45. The Morgan fingerprint density at radius 2 is 2.00 bits per heavy atom. The van der Waals surface area contributed by atoms with Crippen LogP contribution in [0.5, 0.6) is 0 Å². The van der Waals surface area contributed by atoms with Crippen molar-refractivity contribution in [2.24, 2.45) is 5.92 Å². The van der Waals surface area contributed by atoms with E-state index in [0.29, 0.717) is 6.42 Å². The zero-order valence-electron chi connectivity index (χ0n) is 8.45. The van der Waals surface area contributed by atoms with Crippen molar-refractivity contribution < 1.29 is 15.0 Å². The summed E-state index contributed by atoms with van der Waals surface area (Å²) in [6.45, 7) is 5.65. The second-order valence-electron chi connectivity index (χ2n) is 3.66. The average molecular weight is 186 g/mol. The van der Waals surface area contributed by atoms with Crippen LogP contribution in [0.3, 0.4) is 0 Å². The summed E-state index contributed by atoms with van der Waals surface area (Å²) in [5.41, 5.74) is 1.14. The van der Waals surface area contributed by atoms with Crippen LogP contribution in [-0.4, -0.2) is 22.3 Å². The zero-order chi connectivity index (χ0) is 10.4. The highest BCUT2D eigenvalue weighted by Crippen LogP contribution is 2.12. The molecule has 0 fully saturated rings. The molecule has 0 aliphatic rings. The van der Waals surface area contributed by atoms with Gasteiger partial charge in [-0.1, -0.05) is 18.6 Å². The quantitative estimate of drug-likeness (QED) is 0.644. The van der Waals surface area contributed by atoms with E-state index in [4.69, 9.17) is 5.11 Å². The van der Waals surface area contributed by atoms with Gasteiger partial charge in [0.25, 0.3) is 0 Å². The second kappa shape index (κ2) is 5.75. The normalized spacial score (nSPS) is 14.8. The molecule has 0 bridgehead atoms. The van der Waals surface area contributed by atoms with Gasteiger partial charge < -0.3 is 10.2 Å². The van der Waals surface area contributed by atoms with Gasteiger partial charge in [-0.15, -0.1) is 0 Å². The molecular weight excluding hydrogens is 168 g/mol. The van der Waals surface area contributed by atoms with Gasteiger partial charge in [0.15, 0.2) is 0 Å². The maximum atomic E-state index is 10.3. The summed E-state index contributed by atoms with van der Waals surface area (Å²) in [7, 11) is 0. The minimum atomic E-state index is -0.858. The highest BCUT2D eigenvalue weighted by molar-refractivity contribution is 5.67. The molecule has 0 radical (unpaired) electrons. The van der Waals surface area contributed by atoms with E-state index < -0.39 is 12.1 Å². The van der Waals surface area contributed by atoms with Gasteiger partial charge >= 0.3 is 5.97 Å². The molecular formula is C10H18O3. The van der Waals surface area contributed by atoms with E-state index in [0.717, 1.165) is 5.57 Å². The third-order valence-electron chi connectivity index (χ3n) is 1.92. The van der Waals surface area contributed by atoms with Crippen molar-refractivity contribution in [3.8, 4) is 0 Å². The second-order valence-corrected chi connectivity index (χ2v) is 3.66. The highest BCUT2D eigenvalue weighted by Gasteiger charge is 2.15. The summed E-state index contributed by atoms with van der Waals surface area (Å²) in [6.07, 6.45) is 1.93. The van der Waals surface area contributed by atoms with Gasteiger partial charge in [0.2, 0.25) is 0 Å². The lowest BCUT2D eigenvalue weighted by Gasteiger charge is -2.15. The van der Waals surface area contributed by atoms with Crippen LogP contribution in [0.1, 0.15) is 33.6 Å². The van der Waals surface area contributed by atoms with Crippen LogP contribution in [0.25, 0.3) is 0 Å². The minimum absolute atomic E-state index is 0.0256. The lowest BCUT2D eigenvalue weighted by molar-refractivity contribution is -0.138. The maximum Gasteiger partial charge on any atom is 0.303 e. The van der Waals surface area contributed by atoms with Crippen molar-refractivity contribution in [2.75, 3.05) is 0 Å². The Morgan fingerprint density at radius 1 is 1.46 bits per heavy atom. The van der Waals surface area contributed by atoms with E-state index in [1.165, 1.54) is 0 Å². The maximum absolute atomic E-state index is 10.3. The molecule has 0 aliphatic carbocycles. The van der Waals surface area contributed by atoms with Gasteiger partial charge in [-0.3, -0.25) is 4.79 Å². The lowest BCUT2D eigenvalue weighted by Crippen LogP contribution is -2.19. The largest absolute Gasteiger partial charge is 0.481 e. The molecule has 0 amide bonds. The Bertz CT molecular complexity index is 192. The Hall–Kier alpha value is -0.830. The molecule has 0 saturated carbocycles. The molecule has 0 spiro atoms. The first-order valence-corrected chi connectivity index (χ1v) is 4.46. The predicted octanol–water partition coefficient (Wildman–Crippen LogP) is 1.81. The molecule has 0 unspecified atom stereocenters. The first kappa shape index (κ1) is 12.2. The van der Waals surface area contributed by atoms with Gasteiger partial charge in [-0.05, 0) is 26.2 Å². The molecule has 76 valence electrons. The van der Waals surface area contributed by atoms with Crippen molar-refractivity contribution in [1.29, 1.82) is 0 Å². The van der Waals surface area contributed by atoms with Gasteiger partial charge in [0.05, 0.1) is 12.5 Å². The number of carboxylic acid groups (broad SMARTS) is 1. The summed E-state index contributed by atoms with van der Waals surface area (Å²) in [5.74, 6) is -1.04. The molecule has 0 aromatic rings. The van der Waals surface area contributed by atoms with Gasteiger partial charge in [0.1, 0.15) is 0 Å². The van der Waals surface area contributed by atoms with E-state index in [1.807, 2.05) is 19.9 Å². The molecule has 0 aliphatic heterocycles. The average Bonchev–Trinajstić information content (AvgIpc) is 1.98. The first-order valence-electron chi connectivity index (χ1n) is 4.46. The Morgan fingerprint density at radius 3 is 2.38 bits per heavy atom. The summed E-state index contributed by atoms with van der Waals surface area (Å²) in [6, 6.07) is 0. The molecule has 0 aromatic carbocycles. The summed E-state index contributed by atoms with van der Waals surface area (Å²) in [5, 5.41) is 18.0. The first-order chi connectivity index (χ1) is 5.93. The molecule has 3 heteroatoms. The predicted molar refractivity (Wildman–Crippen MR) is 51.5 cm³/mol. The Kier molecular flexibility index (Phi) is 5.39. The standard InChI is InChI=1S/C10H18O3/c1-7(2)4-5-9(11)8(3)6-10(12)13/h4,8-9,11H,5-6H2,1-3H3,(H,12,13)/t8-,9-/m0/s1. The van der Waals surface area contributed by atoms with E-state index >= 15 is 0 Å². The van der Waals surface area contributed by atoms with E-state index in [-0.39, 0.29) is 12.3 Å². The fourth-order valence-electron chi connectivity index (χ4n) is 1.00. The number of hydrogen-bond donors (Lipinski definition) is 2. The third kappa shape index (κ3) is 6.34. The van der Waals surface area contributed by atoms with Gasteiger partial charge in [-0.2, -0.15) is 0 Å². The van der Waals surface area contributed by atoms with Crippen LogP contribution < -0.4 is 0 Å². The van der Waals surface area contributed by atoms with Crippen LogP contribution in [0.4, 0.5) is 0 Å². The molecule has 0 heterocycles.